The summed E-state index contributed by atoms with van der Waals surface area (Å²) in [6, 6.07) is 8.45. The zero-order valence-electron chi connectivity index (χ0n) is 55.4. The van der Waals surface area contributed by atoms with Gasteiger partial charge in [-0.05, 0) is 60.3 Å². The smallest absolute Gasteiger partial charge is 0.410 e. The molecule has 15 atom stereocenters. The van der Waals surface area contributed by atoms with Crippen molar-refractivity contribution in [2.24, 2.45) is 29.4 Å². The second-order valence-corrected chi connectivity index (χ2v) is 25.6. The van der Waals surface area contributed by atoms with Crippen molar-refractivity contribution in [2.45, 2.75) is 173 Å². The molecular weight excluding hydrogens is 1260 g/mol. The zero-order chi connectivity index (χ0) is 70.1. The maximum atomic E-state index is 14.9. The van der Waals surface area contributed by atoms with Crippen LogP contribution >= 0.6 is 11.3 Å². The summed E-state index contributed by atoms with van der Waals surface area (Å²) in [4.78, 5) is 145. The molecule has 0 spiro atoms. The molecule has 0 saturated carbocycles. The molecule has 522 valence electrons. The molecule has 3 aliphatic heterocycles. The van der Waals surface area contributed by atoms with Gasteiger partial charge >= 0.3 is 12.1 Å². The lowest BCUT2D eigenvalue weighted by Gasteiger charge is -2.41. The third-order valence-corrected chi connectivity index (χ3v) is 18.4. The number of aromatic nitrogens is 1. The van der Waals surface area contributed by atoms with E-state index in [0.717, 1.165) is 27.6 Å². The highest BCUT2D eigenvalue weighted by atomic mass is 32.1. The summed E-state index contributed by atoms with van der Waals surface area (Å²) < 4.78 is 28.9. The molecule has 2 fully saturated rings. The standard InChI is InChI=1S/C65H92N10O19S/c1-12-36(6)52(45(90-10)31-49(79)74-27-16-19-42(74)56(91-11)37(7)58(83)70-41(61-68-26-28-95-61)29-38-17-14-13-15-18-38)72(8)62(86)50(34(2)3)71-60(85)51(35(4)5)73(9)65(89)92-33-39-20-21-44(93-64-55(82)53(80)54(81)57(94-64)63(87)88)40(30-39)69-46(76)24-25-67-59(84)43(32-66)75-47(77)22-23-48(75)78/h13-15,17-18,20-23,26,28,30,34-37,41-43,45,50-57,64,80-82H,12,16,19,24-25,27,29,31-33,66H2,1-11H3,(H,67,84)(H,69,76)(H,70,83)(H,71,85)(H,87,88)/t36-,37+,41-,42-,43-,45+,50-,51-,52-,53-,54-,55+,56+,57-,64+/m0/s1. The van der Waals surface area contributed by atoms with E-state index in [2.05, 4.69) is 26.3 Å². The molecule has 9 amide bonds. The summed E-state index contributed by atoms with van der Waals surface area (Å²) >= 11 is 1.45. The molecule has 4 heterocycles. The Bertz CT molecular complexity index is 3160. The maximum absolute atomic E-state index is 14.9. The number of nitrogens with two attached hydrogens (primary N) is 1. The van der Waals surface area contributed by atoms with Crippen molar-refractivity contribution < 1.29 is 92.1 Å². The Morgan fingerprint density at radius 2 is 1.53 bits per heavy atom. The number of ether oxygens (including phenoxy) is 5. The fourth-order valence-corrected chi connectivity index (χ4v) is 12.8. The number of methoxy groups -OCH3 is 2. The number of hydrogen-bond donors (Lipinski definition) is 9. The number of thiazole rings is 1. The van der Waals surface area contributed by atoms with E-state index >= 15 is 0 Å². The van der Waals surface area contributed by atoms with E-state index in [1.165, 1.54) is 55.7 Å². The molecule has 0 bridgehead atoms. The number of rotatable bonds is 33. The van der Waals surface area contributed by atoms with Gasteiger partial charge in [0.1, 0.15) is 53.8 Å². The van der Waals surface area contributed by atoms with Crippen molar-refractivity contribution >= 4 is 76.3 Å². The number of carbonyl (C=O) groups excluding carboxylic acids is 9. The molecule has 0 aliphatic carbocycles. The maximum Gasteiger partial charge on any atom is 0.410 e. The van der Waals surface area contributed by atoms with Gasteiger partial charge in [-0.2, -0.15) is 0 Å². The first-order chi connectivity index (χ1) is 45.1. The summed E-state index contributed by atoms with van der Waals surface area (Å²) in [7, 11) is 5.96. The van der Waals surface area contributed by atoms with Gasteiger partial charge in [0.05, 0.1) is 48.4 Å². The van der Waals surface area contributed by atoms with Crippen LogP contribution in [0.1, 0.15) is 103 Å². The van der Waals surface area contributed by atoms with Crippen LogP contribution < -0.4 is 31.7 Å². The highest BCUT2D eigenvalue weighted by molar-refractivity contribution is 7.09. The van der Waals surface area contributed by atoms with Crippen LogP contribution in [-0.4, -0.2) is 225 Å². The number of imide groups is 1. The number of aliphatic carboxylic acids is 1. The Balaban J connectivity index is 1.12. The molecule has 10 N–H and O–H groups in total. The van der Waals surface area contributed by atoms with E-state index in [-0.39, 0.29) is 47.7 Å². The van der Waals surface area contributed by atoms with Gasteiger partial charge in [-0.1, -0.05) is 91.3 Å². The molecule has 6 rings (SSSR count). The van der Waals surface area contributed by atoms with E-state index in [4.69, 9.17) is 29.4 Å². The summed E-state index contributed by atoms with van der Waals surface area (Å²) in [5.41, 5.74) is 6.76. The van der Waals surface area contributed by atoms with Crippen LogP contribution in [0.15, 0.2) is 72.3 Å². The minimum absolute atomic E-state index is 0.119. The van der Waals surface area contributed by atoms with Crippen LogP contribution in [-0.2, 0) is 75.1 Å². The van der Waals surface area contributed by atoms with Crippen LogP contribution in [0.5, 0.6) is 5.75 Å². The molecule has 29 nitrogen and oxygen atoms in total. The van der Waals surface area contributed by atoms with Crippen molar-refractivity contribution in [1.29, 1.82) is 0 Å². The Morgan fingerprint density at radius 3 is 2.12 bits per heavy atom. The number of benzene rings is 2. The molecule has 0 unspecified atom stereocenters. The average molecular weight is 1350 g/mol. The number of likely N-dealkylation sites (tertiary alicyclic amines) is 1. The molecule has 3 aliphatic rings. The number of aliphatic hydroxyl groups is 3. The summed E-state index contributed by atoms with van der Waals surface area (Å²) in [5.74, 6) is -8.66. The first kappa shape index (κ1) is 76.1. The van der Waals surface area contributed by atoms with Crippen molar-refractivity contribution in [3.05, 3.63) is 88.4 Å². The lowest BCUT2D eigenvalue weighted by molar-refractivity contribution is -0.271. The Kier molecular flexibility index (Phi) is 28.1. The number of nitrogens with zero attached hydrogens (tertiary/aromatic N) is 5. The molecule has 1 aromatic heterocycles. The number of hydrogen-bond acceptors (Lipinski definition) is 21. The Hall–Kier alpha value is -7.97. The van der Waals surface area contributed by atoms with Crippen LogP contribution in [0.2, 0.25) is 0 Å². The molecule has 95 heavy (non-hydrogen) atoms. The van der Waals surface area contributed by atoms with Crippen molar-refractivity contribution in [2.75, 3.05) is 53.3 Å². The SMILES string of the molecule is CC[C@H](C)[C@@H]([C@@H](CC(=O)N1CCC[C@H]1[C@H](OC)[C@@H](C)C(=O)N[C@@H](Cc1ccccc1)c1nccs1)OC)N(C)C(=O)[C@@H](NC(=O)[C@H](C(C)C)N(C)C(=O)OCc1ccc(O[C@@H]2O[C@H](C(=O)O)[C@@H](O)[C@H](O)[C@H]2O)c(NC(=O)CCNC(=O)[C@H](CN)N2C(=O)C=CC2=O)c1)C(C)C. The molecule has 2 saturated heterocycles. The fourth-order valence-electron chi connectivity index (χ4n) is 12.1. The monoisotopic (exact) mass is 1350 g/mol. The highest BCUT2D eigenvalue weighted by Crippen LogP contribution is 2.34. The van der Waals surface area contributed by atoms with Gasteiger partial charge < -0.3 is 80.9 Å². The number of carbonyl (C=O) groups is 10. The predicted molar refractivity (Wildman–Crippen MR) is 344 cm³/mol. The van der Waals surface area contributed by atoms with Crippen molar-refractivity contribution in [3.8, 4) is 5.75 Å². The predicted octanol–water partition coefficient (Wildman–Crippen LogP) is 1.87. The number of likely N-dealkylation sites (N-methyl/N-ethyl adjacent to an activating group) is 2. The van der Waals surface area contributed by atoms with Crippen LogP contribution in [0.25, 0.3) is 0 Å². The normalized spacial score (nSPS) is 21.6. The molecule has 30 heteroatoms. The Morgan fingerprint density at radius 1 is 0.842 bits per heavy atom. The van der Waals surface area contributed by atoms with Gasteiger partial charge in [0, 0.05) is 78.1 Å². The topological polar surface area (TPSA) is 398 Å². The molecular formula is C65H92N10O19S. The minimum atomic E-state index is -2.05. The van der Waals surface area contributed by atoms with Gasteiger partial charge in [-0.25, -0.2) is 14.6 Å². The number of carboxylic acid groups (broad SMARTS) is 1. The van der Waals surface area contributed by atoms with Gasteiger partial charge in [0.25, 0.3) is 11.8 Å². The lowest BCUT2D eigenvalue weighted by atomic mass is 9.89. The molecule has 3 aromatic rings. The van der Waals surface area contributed by atoms with E-state index < -0.39 is 164 Å². The quantitative estimate of drug-likeness (QED) is 0.0393. The summed E-state index contributed by atoms with van der Waals surface area (Å²) in [6.07, 6.45) is -7.06. The number of amides is 9. The van der Waals surface area contributed by atoms with Crippen molar-refractivity contribution in [3.63, 3.8) is 0 Å². The fraction of sp³-hybridized carbons (Fsp3) is 0.585. The average Bonchev–Trinajstić information content (AvgIpc) is 1.04. The zero-order valence-corrected chi connectivity index (χ0v) is 56.3. The molecule has 0 radical (unpaired) electrons. The van der Waals surface area contributed by atoms with E-state index in [1.54, 1.807) is 52.8 Å². The number of anilines is 1. The lowest BCUT2D eigenvalue weighted by Crippen LogP contribution is -2.61. The first-order valence-corrected chi connectivity index (χ1v) is 32.6. The highest BCUT2D eigenvalue weighted by Gasteiger charge is 2.49. The number of carboxylic acids is 1. The summed E-state index contributed by atoms with van der Waals surface area (Å²) in [6.45, 7) is 11.8. The summed E-state index contributed by atoms with van der Waals surface area (Å²) in [5, 5.41) is 54.9. The van der Waals surface area contributed by atoms with E-state index in [9.17, 15) is 68.4 Å². The Labute approximate surface area is 556 Å². The van der Waals surface area contributed by atoms with Crippen LogP contribution in [0, 0.1) is 23.7 Å². The van der Waals surface area contributed by atoms with Gasteiger partial charge in [0.2, 0.25) is 41.7 Å². The minimum Gasteiger partial charge on any atom is -0.479 e. The molecule has 2 aromatic carbocycles. The third kappa shape index (κ3) is 19.2. The first-order valence-electron chi connectivity index (χ1n) is 31.7. The second kappa shape index (κ2) is 35.1. The second-order valence-electron chi connectivity index (χ2n) is 24.7. The van der Waals surface area contributed by atoms with Gasteiger partial charge in [-0.15, -0.1) is 11.3 Å². The number of nitrogens with one attached hydrogen (secondary N) is 4. The van der Waals surface area contributed by atoms with Gasteiger partial charge in [0.15, 0.2) is 6.10 Å². The van der Waals surface area contributed by atoms with Crippen molar-refractivity contribution in [1.82, 2.24) is 40.5 Å². The van der Waals surface area contributed by atoms with Crippen LogP contribution in [0.4, 0.5) is 10.5 Å². The van der Waals surface area contributed by atoms with Gasteiger partial charge in [-0.3, -0.25) is 48.2 Å². The van der Waals surface area contributed by atoms with E-state index in [0.29, 0.717) is 37.1 Å². The third-order valence-electron chi connectivity index (χ3n) is 17.5. The number of aliphatic hydroxyl groups excluding tert-OH is 3. The van der Waals surface area contributed by atoms with Crippen LogP contribution in [0.3, 0.4) is 0 Å². The van der Waals surface area contributed by atoms with E-state index in [1.807, 2.05) is 49.6 Å². The largest absolute Gasteiger partial charge is 0.479 e.